The molecule has 16 heteroatoms. The molecule has 0 fully saturated rings. The van der Waals surface area contributed by atoms with Crippen molar-refractivity contribution < 1.29 is 71.7 Å². The maximum Gasteiger partial charge on any atom is 0.425 e. The van der Waals surface area contributed by atoms with E-state index in [9.17, 15) is 62.3 Å². The Labute approximate surface area is 147 Å². The van der Waals surface area contributed by atoms with E-state index in [1.807, 2.05) is 0 Å². The van der Waals surface area contributed by atoms with Crippen molar-refractivity contribution in [2.75, 3.05) is 13.2 Å². The molecule has 0 bridgehead atoms. The van der Waals surface area contributed by atoms with Gasteiger partial charge in [0, 0.05) is 0 Å². The molecule has 0 aliphatic carbocycles. The molecule has 2 atom stereocenters. The minimum Gasteiger partial charge on any atom is -0.459 e. The molecule has 0 N–H and O–H groups in total. The van der Waals surface area contributed by atoms with Gasteiger partial charge in [0.1, 0.15) is 0 Å². The summed E-state index contributed by atoms with van der Waals surface area (Å²) in [6.45, 7) is -4.73. The van der Waals surface area contributed by atoms with Gasteiger partial charge in [0.2, 0.25) is 0 Å². The van der Waals surface area contributed by atoms with Crippen LogP contribution in [0.15, 0.2) is 0 Å². The standard InChI is InChI=1S/C12H10F12O4/c13-7(11(19,20)21)9(15,16)3-27-5(25)1-2-6(26)28-4-10(17,18)8(14)12(22,23)24/h7-8H,1-4H2. The maximum absolute atomic E-state index is 12.8. The van der Waals surface area contributed by atoms with E-state index in [2.05, 4.69) is 9.47 Å². The van der Waals surface area contributed by atoms with Gasteiger partial charge in [-0.15, -0.1) is 0 Å². The lowest BCUT2D eigenvalue weighted by molar-refractivity contribution is -0.255. The fraction of sp³-hybridized carbons (Fsp3) is 0.833. The van der Waals surface area contributed by atoms with Gasteiger partial charge in [-0.1, -0.05) is 0 Å². The Morgan fingerprint density at radius 3 is 1.07 bits per heavy atom. The molecule has 0 radical (unpaired) electrons. The second kappa shape index (κ2) is 9.07. The Hall–Kier alpha value is -1.90. The Morgan fingerprint density at radius 2 is 0.857 bits per heavy atom. The smallest absolute Gasteiger partial charge is 0.425 e. The molecule has 2 unspecified atom stereocenters. The Kier molecular flexibility index (Phi) is 8.45. The van der Waals surface area contributed by atoms with Gasteiger partial charge in [-0.05, 0) is 0 Å². The van der Waals surface area contributed by atoms with Crippen molar-refractivity contribution in [3.63, 3.8) is 0 Å². The van der Waals surface area contributed by atoms with Crippen LogP contribution in [0.2, 0.25) is 0 Å². The average molecular weight is 446 g/mol. The molecule has 0 amide bonds. The fourth-order valence-electron chi connectivity index (χ4n) is 1.33. The summed E-state index contributed by atoms with van der Waals surface area (Å²) in [7, 11) is 0. The molecule has 0 rings (SSSR count). The molecule has 0 aromatic carbocycles. The zero-order valence-corrected chi connectivity index (χ0v) is 13.2. The first-order valence-electron chi connectivity index (χ1n) is 6.79. The number of hydrogen-bond acceptors (Lipinski definition) is 4. The fourth-order valence-corrected chi connectivity index (χ4v) is 1.33. The van der Waals surface area contributed by atoms with Crippen molar-refractivity contribution >= 4 is 11.9 Å². The SMILES string of the molecule is O=C(CCC(=O)OCC(F)(F)C(F)C(F)(F)F)OCC(F)(F)C(F)C(F)(F)F. The number of halogens is 12. The van der Waals surface area contributed by atoms with E-state index < -0.39 is 74.5 Å². The Morgan fingerprint density at radius 1 is 0.607 bits per heavy atom. The minimum absolute atomic E-state index is 1.23. The lowest BCUT2D eigenvalue weighted by Crippen LogP contribution is -2.45. The summed E-state index contributed by atoms with van der Waals surface area (Å²) in [6.07, 6.45) is -23.7. The maximum atomic E-state index is 12.8. The van der Waals surface area contributed by atoms with Crippen LogP contribution in [0.4, 0.5) is 52.7 Å². The number of alkyl halides is 12. The highest BCUT2D eigenvalue weighted by Gasteiger charge is 2.58. The summed E-state index contributed by atoms with van der Waals surface area (Å²) in [6, 6.07) is 0. The Balaban J connectivity index is 4.42. The van der Waals surface area contributed by atoms with Crippen molar-refractivity contribution in [2.24, 2.45) is 0 Å². The van der Waals surface area contributed by atoms with Crippen LogP contribution in [0.25, 0.3) is 0 Å². The van der Waals surface area contributed by atoms with Gasteiger partial charge in [0.05, 0.1) is 12.8 Å². The van der Waals surface area contributed by atoms with Crippen LogP contribution in [0.5, 0.6) is 0 Å². The molecule has 166 valence electrons. The van der Waals surface area contributed by atoms with Gasteiger partial charge in [0.25, 0.3) is 12.3 Å². The largest absolute Gasteiger partial charge is 0.459 e. The van der Waals surface area contributed by atoms with Gasteiger partial charge in [0.15, 0.2) is 13.2 Å². The number of carbonyl (C=O) groups excluding carboxylic acids is 2. The molecule has 0 spiro atoms. The molecule has 0 saturated heterocycles. The van der Waals surface area contributed by atoms with Crippen molar-refractivity contribution in [1.82, 2.24) is 0 Å². The van der Waals surface area contributed by atoms with Crippen LogP contribution in [0.3, 0.4) is 0 Å². The lowest BCUT2D eigenvalue weighted by Gasteiger charge is -2.22. The monoisotopic (exact) mass is 446 g/mol. The predicted molar refractivity (Wildman–Crippen MR) is 62.9 cm³/mol. The molecule has 28 heavy (non-hydrogen) atoms. The van der Waals surface area contributed by atoms with Crippen molar-refractivity contribution in [3.05, 3.63) is 0 Å². The number of hydrogen-bond donors (Lipinski definition) is 0. The molecule has 0 heterocycles. The molecule has 0 saturated carbocycles. The number of carbonyl (C=O) groups is 2. The molecular formula is C12H10F12O4. The second-order valence-electron chi connectivity index (χ2n) is 5.15. The molecule has 0 aliphatic rings. The van der Waals surface area contributed by atoms with Crippen molar-refractivity contribution in [1.29, 1.82) is 0 Å². The van der Waals surface area contributed by atoms with E-state index >= 15 is 0 Å². The Bertz CT molecular complexity index is 494. The normalized spacial score (nSPS) is 15.7. The van der Waals surface area contributed by atoms with Gasteiger partial charge < -0.3 is 9.47 Å². The summed E-state index contributed by atoms with van der Waals surface area (Å²) in [5, 5.41) is 0. The summed E-state index contributed by atoms with van der Waals surface area (Å²) in [5.41, 5.74) is 0. The highest BCUT2D eigenvalue weighted by molar-refractivity contribution is 5.77. The highest BCUT2D eigenvalue weighted by Crippen LogP contribution is 2.36. The van der Waals surface area contributed by atoms with Gasteiger partial charge in [-0.2, -0.15) is 43.9 Å². The van der Waals surface area contributed by atoms with Gasteiger partial charge >= 0.3 is 36.1 Å². The van der Waals surface area contributed by atoms with Gasteiger partial charge in [-0.3, -0.25) is 9.59 Å². The third-order valence-electron chi connectivity index (χ3n) is 2.70. The van der Waals surface area contributed by atoms with Crippen LogP contribution < -0.4 is 0 Å². The van der Waals surface area contributed by atoms with E-state index in [1.54, 1.807) is 0 Å². The van der Waals surface area contributed by atoms with Gasteiger partial charge in [-0.25, -0.2) is 8.78 Å². The van der Waals surface area contributed by atoms with Crippen LogP contribution in [-0.4, -0.2) is 61.7 Å². The third-order valence-corrected chi connectivity index (χ3v) is 2.70. The van der Waals surface area contributed by atoms with Crippen molar-refractivity contribution in [3.8, 4) is 0 Å². The summed E-state index contributed by atoms with van der Waals surface area (Å²) in [4.78, 5) is 22.0. The summed E-state index contributed by atoms with van der Waals surface area (Å²) >= 11 is 0. The quantitative estimate of drug-likeness (QED) is 0.398. The molecule has 0 aromatic rings. The topological polar surface area (TPSA) is 52.6 Å². The molecule has 0 aliphatic heterocycles. The second-order valence-corrected chi connectivity index (χ2v) is 5.15. The molecule has 0 aromatic heterocycles. The van der Waals surface area contributed by atoms with E-state index in [0.717, 1.165) is 0 Å². The summed E-state index contributed by atoms with van der Waals surface area (Å²) in [5.74, 6) is -13.9. The number of rotatable bonds is 9. The van der Waals surface area contributed by atoms with Crippen molar-refractivity contribution in [2.45, 2.75) is 49.4 Å². The number of ether oxygens (including phenoxy) is 2. The van der Waals surface area contributed by atoms with Crippen LogP contribution in [0, 0.1) is 0 Å². The first-order chi connectivity index (χ1) is 12.3. The van der Waals surface area contributed by atoms with E-state index in [0.29, 0.717) is 0 Å². The lowest BCUT2D eigenvalue weighted by atomic mass is 10.2. The predicted octanol–water partition coefficient (Wildman–Crippen LogP) is 3.92. The molecule has 4 nitrogen and oxygen atoms in total. The van der Waals surface area contributed by atoms with Crippen LogP contribution in [0.1, 0.15) is 12.8 Å². The molecular weight excluding hydrogens is 436 g/mol. The average Bonchev–Trinajstić information content (AvgIpc) is 2.53. The van der Waals surface area contributed by atoms with Crippen LogP contribution >= 0.6 is 0 Å². The zero-order chi connectivity index (χ0) is 22.6. The van der Waals surface area contributed by atoms with E-state index in [4.69, 9.17) is 0 Å². The first-order valence-corrected chi connectivity index (χ1v) is 6.79. The van der Waals surface area contributed by atoms with E-state index in [1.165, 1.54) is 0 Å². The highest BCUT2D eigenvalue weighted by atomic mass is 19.4. The number of esters is 2. The summed E-state index contributed by atoms with van der Waals surface area (Å²) < 4.78 is 154. The zero-order valence-electron chi connectivity index (χ0n) is 13.2. The van der Waals surface area contributed by atoms with Crippen LogP contribution in [-0.2, 0) is 19.1 Å². The minimum atomic E-state index is -5.96. The first kappa shape index (κ1) is 26.1. The third kappa shape index (κ3) is 8.41. The van der Waals surface area contributed by atoms with E-state index in [-0.39, 0.29) is 0 Å².